The monoisotopic (exact) mass is 382 g/mol. The van der Waals surface area contributed by atoms with Gasteiger partial charge in [-0.15, -0.1) is 0 Å². The van der Waals surface area contributed by atoms with E-state index in [-0.39, 0.29) is 23.9 Å². The molecule has 2 aromatic carbocycles. The lowest BCUT2D eigenvalue weighted by molar-refractivity contribution is -0.125. The van der Waals surface area contributed by atoms with Crippen LogP contribution in [0.5, 0.6) is 0 Å². The fourth-order valence-electron chi connectivity index (χ4n) is 3.62. The van der Waals surface area contributed by atoms with E-state index in [1.54, 1.807) is 0 Å². The van der Waals surface area contributed by atoms with Crippen molar-refractivity contribution in [1.29, 1.82) is 0 Å². The zero-order valence-corrected chi connectivity index (χ0v) is 16.9. The molecule has 1 saturated heterocycles. The SMILES string of the molecule is CC(C)NC(=O)CN1CCN([C@H](C)C(=O)Nc2cccc3ccccc23)CC1. The maximum atomic E-state index is 12.8. The first-order chi connectivity index (χ1) is 13.4. The number of benzene rings is 2. The molecule has 2 N–H and O–H groups in total. The first kappa shape index (κ1) is 20.3. The molecule has 0 aliphatic carbocycles. The van der Waals surface area contributed by atoms with Gasteiger partial charge in [0.2, 0.25) is 11.8 Å². The van der Waals surface area contributed by atoms with Crippen molar-refractivity contribution in [2.24, 2.45) is 0 Å². The predicted octanol–water partition coefficient (Wildman–Crippen LogP) is 2.31. The summed E-state index contributed by atoms with van der Waals surface area (Å²) in [7, 11) is 0. The van der Waals surface area contributed by atoms with Crippen molar-refractivity contribution < 1.29 is 9.59 Å². The summed E-state index contributed by atoms with van der Waals surface area (Å²) in [4.78, 5) is 29.1. The van der Waals surface area contributed by atoms with Gasteiger partial charge in [-0.05, 0) is 32.2 Å². The fourth-order valence-corrected chi connectivity index (χ4v) is 3.62. The van der Waals surface area contributed by atoms with Crippen LogP contribution in [0.4, 0.5) is 5.69 Å². The van der Waals surface area contributed by atoms with Gasteiger partial charge < -0.3 is 10.6 Å². The number of carbonyl (C=O) groups excluding carboxylic acids is 2. The molecule has 6 nitrogen and oxygen atoms in total. The molecule has 2 amide bonds. The third kappa shape index (κ3) is 5.09. The number of amides is 2. The summed E-state index contributed by atoms with van der Waals surface area (Å²) >= 11 is 0. The summed E-state index contributed by atoms with van der Waals surface area (Å²) in [5.74, 6) is 0.0625. The second-order valence-electron chi connectivity index (χ2n) is 7.73. The Morgan fingerprint density at radius 2 is 1.64 bits per heavy atom. The zero-order valence-electron chi connectivity index (χ0n) is 16.9. The smallest absolute Gasteiger partial charge is 0.241 e. The van der Waals surface area contributed by atoms with Gasteiger partial charge in [-0.2, -0.15) is 0 Å². The van der Waals surface area contributed by atoms with Crippen LogP contribution in [0, 0.1) is 0 Å². The van der Waals surface area contributed by atoms with Gasteiger partial charge in [-0.25, -0.2) is 0 Å². The van der Waals surface area contributed by atoms with Gasteiger partial charge >= 0.3 is 0 Å². The average Bonchev–Trinajstić information content (AvgIpc) is 2.67. The van der Waals surface area contributed by atoms with Gasteiger partial charge in [0, 0.05) is 43.3 Å². The summed E-state index contributed by atoms with van der Waals surface area (Å²) in [6.45, 7) is 9.43. The van der Waals surface area contributed by atoms with Gasteiger partial charge in [0.25, 0.3) is 0 Å². The van der Waals surface area contributed by atoms with Crippen molar-refractivity contribution in [1.82, 2.24) is 15.1 Å². The number of fused-ring (bicyclic) bond motifs is 1. The standard InChI is InChI=1S/C22H30N4O2/c1-16(2)23-21(27)15-25-11-13-26(14-12-25)17(3)22(28)24-20-10-6-8-18-7-4-5-9-19(18)20/h4-10,16-17H,11-15H2,1-3H3,(H,23,27)(H,24,28)/t17-/m1/s1. The summed E-state index contributed by atoms with van der Waals surface area (Å²) in [6.07, 6.45) is 0. The molecule has 1 aliphatic rings. The highest BCUT2D eigenvalue weighted by atomic mass is 16.2. The predicted molar refractivity (Wildman–Crippen MR) is 113 cm³/mol. The molecule has 0 saturated carbocycles. The molecule has 0 aromatic heterocycles. The lowest BCUT2D eigenvalue weighted by Crippen LogP contribution is -2.54. The summed E-state index contributed by atoms with van der Waals surface area (Å²) in [5.41, 5.74) is 0.846. The number of hydrogen-bond donors (Lipinski definition) is 2. The lowest BCUT2D eigenvalue weighted by Gasteiger charge is -2.37. The highest BCUT2D eigenvalue weighted by Crippen LogP contribution is 2.23. The Bertz CT molecular complexity index is 823. The zero-order chi connectivity index (χ0) is 20.1. The number of anilines is 1. The Kier molecular flexibility index (Phi) is 6.65. The Morgan fingerprint density at radius 1 is 0.964 bits per heavy atom. The van der Waals surface area contributed by atoms with Crippen LogP contribution in [-0.2, 0) is 9.59 Å². The normalized spacial score (nSPS) is 16.9. The topological polar surface area (TPSA) is 64.7 Å². The van der Waals surface area contributed by atoms with E-state index in [0.29, 0.717) is 6.54 Å². The Labute approximate surface area is 166 Å². The van der Waals surface area contributed by atoms with Gasteiger partial charge in [-0.3, -0.25) is 19.4 Å². The number of carbonyl (C=O) groups is 2. The number of nitrogens with one attached hydrogen (secondary N) is 2. The first-order valence-electron chi connectivity index (χ1n) is 9.98. The van der Waals surface area contributed by atoms with E-state index in [1.165, 1.54) is 0 Å². The van der Waals surface area contributed by atoms with E-state index in [0.717, 1.165) is 42.6 Å². The van der Waals surface area contributed by atoms with Crippen molar-refractivity contribution in [3.8, 4) is 0 Å². The summed E-state index contributed by atoms with van der Waals surface area (Å²) in [5, 5.41) is 8.17. The van der Waals surface area contributed by atoms with Crippen LogP contribution in [-0.4, -0.2) is 66.4 Å². The van der Waals surface area contributed by atoms with Crippen LogP contribution < -0.4 is 10.6 Å². The molecular weight excluding hydrogens is 352 g/mol. The molecule has 0 spiro atoms. The summed E-state index contributed by atoms with van der Waals surface area (Å²) < 4.78 is 0. The molecule has 1 heterocycles. The lowest BCUT2D eigenvalue weighted by atomic mass is 10.1. The van der Waals surface area contributed by atoms with Crippen LogP contribution >= 0.6 is 0 Å². The van der Waals surface area contributed by atoms with E-state index in [4.69, 9.17) is 0 Å². The van der Waals surface area contributed by atoms with Crippen molar-refractivity contribution >= 4 is 28.3 Å². The molecule has 3 rings (SSSR count). The van der Waals surface area contributed by atoms with E-state index in [2.05, 4.69) is 20.4 Å². The molecule has 1 aliphatic heterocycles. The third-order valence-corrected chi connectivity index (χ3v) is 5.20. The first-order valence-corrected chi connectivity index (χ1v) is 9.98. The minimum atomic E-state index is -0.217. The van der Waals surface area contributed by atoms with Crippen molar-refractivity contribution in [2.75, 3.05) is 38.0 Å². The van der Waals surface area contributed by atoms with Crippen molar-refractivity contribution in [3.63, 3.8) is 0 Å². The molecule has 28 heavy (non-hydrogen) atoms. The van der Waals surface area contributed by atoms with Gasteiger partial charge in [0.05, 0.1) is 12.6 Å². The van der Waals surface area contributed by atoms with E-state index in [9.17, 15) is 9.59 Å². The Morgan fingerprint density at radius 3 is 2.36 bits per heavy atom. The van der Waals surface area contributed by atoms with Crippen LogP contribution in [0.1, 0.15) is 20.8 Å². The molecule has 0 radical (unpaired) electrons. The maximum absolute atomic E-state index is 12.8. The van der Waals surface area contributed by atoms with Crippen molar-refractivity contribution in [2.45, 2.75) is 32.9 Å². The molecule has 1 fully saturated rings. The number of rotatable bonds is 6. The minimum Gasteiger partial charge on any atom is -0.353 e. The van der Waals surface area contributed by atoms with Crippen LogP contribution in [0.15, 0.2) is 42.5 Å². The molecule has 1 atom stereocenters. The molecule has 6 heteroatoms. The van der Waals surface area contributed by atoms with Gasteiger partial charge in [0.1, 0.15) is 0 Å². The quantitative estimate of drug-likeness (QED) is 0.805. The number of piperazine rings is 1. The van der Waals surface area contributed by atoms with Crippen LogP contribution in [0.25, 0.3) is 10.8 Å². The third-order valence-electron chi connectivity index (χ3n) is 5.20. The second kappa shape index (κ2) is 9.17. The number of hydrogen-bond acceptors (Lipinski definition) is 4. The van der Waals surface area contributed by atoms with Crippen LogP contribution in [0.3, 0.4) is 0 Å². The summed E-state index contributed by atoms with van der Waals surface area (Å²) in [6, 6.07) is 13.9. The van der Waals surface area contributed by atoms with Gasteiger partial charge in [0.15, 0.2) is 0 Å². The minimum absolute atomic E-state index is 0.00218. The second-order valence-corrected chi connectivity index (χ2v) is 7.73. The average molecular weight is 383 g/mol. The maximum Gasteiger partial charge on any atom is 0.241 e. The molecule has 2 aromatic rings. The largest absolute Gasteiger partial charge is 0.353 e. The molecule has 0 unspecified atom stereocenters. The molecular formula is C22H30N4O2. The van der Waals surface area contributed by atoms with E-state index >= 15 is 0 Å². The van der Waals surface area contributed by atoms with Gasteiger partial charge in [-0.1, -0.05) is 36.4 Å². The fraction of sp³-hybridized carbons (Fsp3) is 0.455. The Balaban J connectivity index is 1.54. The van der Waals surface area contributed by atoms with E-state index < -0.39 is 0 Å². The number of nitrogens with zero attached hydrogens (tertiary/aromatic N) is 2. The Hall–Kier alpha value is -2.44. The van der Waals surface area contributed by atoms with E-state index in [1.807, 2.05) is 63.2 Å². The highest BCUT2D eigenvalue weighted by molar-refractivity contribution is 6.03. The van der Waals surface area contributed by atoms with Crippen molar-refractivity contribution in [3.05, 3.63) is 42.5 Å². The van der Waals surface area contributed by atoms with Crippen LogP contribution in [0.2, 0.25) is 0 Å². The molecule has 150 valence electrons. The highest BCUT2D eigenvalue weighted by Gasteiger charge is 2.26. The molecule has 0 bridgehead atoms.